The van der Waals surface area contributed by atoms with Crippen LogP contribution in [0.1, 0.15) is 13.8 Å². The van der Waals surface area contributed by atoms with Crippen LogP contribution in [-0.2, 0) is 0 Å². The zero-order valence-electron chi connectivity index (χ0n) is 26.6. The predicted octanol–water partition coefficient (Wildman–Crippen LogP) is 11.8. The van der Waals surface area contributed by atoms with Crippen LogP contribution >= 0.6 is 0 Å². The van der Waals surface area contributed by atoms with E-state index in [2.05, 4.69) is 91.0 Å². The quantitative estimate of drug-likeness (QED) is 0.196. The highest BCUT2D eigenvalue weighted by atomic mass is 16.7. The molecule has 0 aliphatic carbocycles. The molecule has 0 spiro atoms. The van der Waals surface area contributed by atoms with Gasteiger partial charge in [0.1, 0.15) is 22.7 Å². The molecular formula is C44H31NO3. The maximum atomic E-state index is 6.58. The molecule has 0 bridgehead atoms. The van der Waals surface area contributed by atoms with Gasteiger partial charge in [-0.05, 0) is 76.9 Å². The topological polar surface area (TPSA) is 44.5 Å². The van der Waals surface area contributed by atoms with E-state index in [0.717, 1.165) is 89.3 Å². The van der Waals surface area contributed by atoms with Crippen LogP contribution in [0, 0.1) is 0 Å². The molecule has 0 saturated carbocycles. The second kappa shape index (κ2) is 11.0. The highest BCUT2D eigenvalue weighted by Gasteiger charge is 2.30. The Balaban J connectivity index is 1.17. The van der Waals surface area contributed by atoms with Crippen molar-refractivity contribution in [3.63, 3.8) is 0 Å². The zero-order chi connectivity index (χ0) is 32.2. The minimum Gasteiger partial charge on any atom is -0.456 e. The van der Waals surface area contributed by atoms with E-state index in [9.17, 15) is 0 Å². The second-order valence-corrected chi connectivity index (χ2v) is 12.7. The van der Waals surface area contributed by atoms with E-state index in [-0.39, 0.29) is 0 Å². The lowest BCUT2D eigenvalue weighted by Gasteiger charge is -2.25. The Hall–Kier alpha value is -6.13. The van der Waals surface area contributed by atoms with Gasteiger partial charge in [-0.15, -0.1) is 0 Å². The van der Waals surface area contributed by atoms with Crippen LogP contribution < -0.4 is 9.47 Å². The largest absolute Gasteiger partial charge is 0.456 e. The number of benzene rings is 6. The molecule has 0 radical (unpaired) electrons. The van der Waals surface area contributed by atoms with Gasteiger partial charge in [0.15, 0.2) is 0 Å². The molecular weight excluding hydrogens is 590 g/mol. The highest BCUT2D eigenvalue weighted by molar-refractivity contribution is 6.06. The minimum absolute atomic E-state index is 0.773. The standard InChI is InChI=1S/C44H31NO3/c1-44(2)47-42-22-19-31(33-25-38(28-11-5-3-6-12-28)45-39(26-33)29-13-7-4-8-14-29)24-37(42)35-20-17-32(27-43(35)48-44)30-18-21-41-36(23-30)34-15-9-10-16-40(34)46-41/h3-27H,1-2H3. The lowest BCUT2D eigenvalue weighted by molar-refractivity contribution is -0.0778. The molecule has 6 aromatic carbocycles. The van der Waals surface area contributed by atoms with Gasteiger partial charge in [0.25, 0.3) is 0 Å². The molecule has 9 rings (SSSR count). The molecule has 0 saturated heterocycles. The third-order valence-electron chi connectivity index (χ3n) is 8.97. The van der Waals surface area contributed by atoms with E-state index in [1.807, 2.05) is 74.5 Å². The van der Waals surface area contributed by atoms with Crippen LogP contribution in [0.25, 0.3) is 77.8 Å². The fourth-order valence-electron chi connectivity index (χ4n) is 6.68. The summed E-state index contributed by atoms with van der Waals surface area (Å²) in [5.41, 5.74) is 12.0. The smallest absolute Gasteiger partial charge is 0.245 e. The van der Waals surface area contributed by atoms with Gasteiger partial charge in [0.2, 0.25) is 5.79 Å². The average Bonchev–Trinajstić information content (AvgIpc) is 3.45. The summed E-state index contributed by atoms with van der Waals surface area (Å²) >= 11 is 0. The molecule has 2 aromatic heterocycles. The van der Waals surface area contributed by atoms with E-state index in [1.165, 1.54) is 0 Å². The number of rotatable bonds is 4. The monoisotopic (exact) mass is 621 g/mol. The number of fused-ring (bicyclic) bond motifs is 6. The Labute approximate surface area is 278 Å². The number of para-hydroxylation sites is 1. The normalized spacial score (nSPS) is 13.3. The molecule has 1 aliphatic rings. The van der Waals surface area contributed by atoms with Gasteiger partial charge >= 0.3 is 0 Å². The number of aromatic nitrogens is 1. The SMILES string of the molecule is CC1(C)Oc2cc(-c3ccc4oc5ccccc5c4c3)ccc2-c2cc(-c3cc(-c4ccccc4)nc(-c4ccccc4)c3)ccc2O1. The van der Waals surface area contributed by atoms with Crippen LogP contribution in [0.5, 0.6) is 11.5 Å². The van der Waals surface area contributed by atoms with Crippen molar-refractivity contribution in [2.45, 2.75) is 19.6 Å². The van der Waals surface area contributed by atoms with Crippen molar-refractivity contribution in [1.82, 2.24) is 4.98 Å². The van der Waals surface area contributed by atoms with Gasteiger partial charge < -0.3 is 13.9 Å². The predicted molar refractivity (Wildman–Crippen MR) is 194 cm³/mol. The number of hydrogen-bond acceptors (Lipinski definition) is 4. The Morgan fingerprint density at radius 2 is 1.00 bits per heavy atom. The molecule has 0 amide bonds. The minimum atomic E-state index is -0.873. The summed E-state index contributed by atoms with van der Waals surface area (Å²) in [5.74, 6) is 0.681. The summed E-state index contributed by atoms with van der Waals surface area (Å²) < 4.78 is 19.2. The van der Waals surface area contributed by atoms with Crippen LogP contribution in [-0.4, -0.2) is 10.8 Å². The summed E-state index contributed by atoms with van der Waals surface area (Å²) in [6.07, 6.45) is 0. The summed E-state index contributed by atoms with van der Waals surface area (Å²) in [6.45, 7) is 3.91. The zero-order valence-corrected chi connectivity index (χ0v) is 26.6. The summed E-state index contributed by atoms with van der Waals surface area (Å²) in [4.78, 5) is 5.08. The van der Waals surface area contributed by atoms with Gasteiger partial charge in [-0.2, -0.15) is 0 Å². The van der Waals surface area contributed by atoms with Crippen molar-refractivity contribution in [3.05, 3.63) is 152 Å². The Kier molecular flexibility index (Phi) is 6.44. The number of pyridine rings is 1. The van der Waals surface area contributed by atoms with Crippen LogP contribution in [0.2, 0.25) is 0 Å². The van der Waals surface area contributed by atoms with Crippen LogP contribution in [0.3, 0.4) is 0 Å². The molecule has 230 valence electrons. The van der Waals surface area contributed by atoms with E-state index < -0.39 is 5.79 Å². The van der Waals surface area contributed by atoms with Crippen LogP contribution in [0.15, 0.2) is 156 Å². The summed E-state index contributed by atoms with van der Waals surface area (Å²) in [7, 11) is 0. The fourth-order valence-corrected chi connectivity index (χ4v) is 6.68. The van der Waals surface area contributed by atoms with Crippen molar-refractivity contribution < 1.29 is 13.9 Å². The molecule has 48 heavy (non-hydrogen) atoms. The van der Waals surface area contributed by atoms with E-state index >= 15 is 0 Å². The van der Waals surface area contributed by atoms with Gasteiger partial charge in [-0.25, -0.2) is 4.98 Å². The molecule has 0 fully saturated rings. The fraction of sp³-hybridized carbons (Fsp3) is 0.0682. The maximum absolute atomic E-state index is 6.58. The number of furan rings is 1. The van der Waals surface area contributed by atoms with Gasteiger partial charge in [-0.1, -0.05) is 97.1 Å². The molecule has 8 aromatic rings. The van der Waals surface area contributed by atoms with Gasteiger partial charge in [0, 0.05) is 46.9 Å². The summed E-state index contributed by atoms with van der Waals surface area (Å²) in [5, 5.41) is 2.21. The van der Waals surface area contributed by atoms with Crippen molar-refractivity contribution in [2.75, 3.05) is 0 Å². The van der Waals surface area contributed by atoms with Crippen molar-refractivity contribution >= 4 is 21.9 Å². The molecule has 0 atom stereocenters. The number of nitrogens with zero attached hydrogens (tertiary/aromatic N) is 1. The van der Waals surface area contributed by atoms with E-state index in [1.54, 1.807) is 0 Å². The Morgan fingerprint density at radius 3 is 1.75 bits per heavy atom. The molecule has 0 N–H and O–H groups in total. The van der Waals surface area contributed by atoms with Crippen molar-refractivity contribution in [2.24, 2.45) is 0 Å². The van der Waals surface area contributed by atoms with Crippen molar-refractivity contribution in [1.29, 1.82) is 0 Å². The molecule has 4 nitrogen and oxygen atoms in total. The first-order valence-corrected chi connectivity index (χ1v) is 16.2. The first-order valence-electron chi connectivity index (χ1n) is 16.2. The van der Waals surface area contributed by atoms with Crippen LogP contribution in [0.4, 0.5) is 0 Å². The van der Waals surface area contributed by atoms with Gasteiger partial charge in [-0.3, -0.25) is 0 Å². The Morgan fingerprint density at radius 1 is 0.417 bits per heavy atom. The molecule has 1 aliphatic heterocycles. The number of hydrogen-bond donors (Lipinski definition) is 0. The highest BCUT2D eigenvalue weighted by Crippen LogP contribution is 2.46. The molecule has 0 unspecified atom stereocenters. The van der Waals surface area contributed by atoms with Gasteiger partial charge in [0.05, 0.1) is 11.4 Å². The second-order valence-electron chi connectivity index (χ2n) is 12.7. The maximum Gasteiger partial charge on any atom is 0.245 e. The Bertz CT molecular complexity index is 2420. The lowest BCUT2D eigenvalue weighted by atomic mass is 9.94. The molecule has 3 heterocycles. The van der Waals surface area contributed by atoms with E-state index in [4.69, 9.17) is 18.9 Å². The number of ether oxygens (including phenoxy) is 2. The summed E-state index contributed by atoms with van der Waals surface area (Å²) in [6, 6.07) is 52.3. The molecule has 4 heteroatoms. The van der Waals surface area contributed by atoms with E-state index in [0.29, 0.717) is 0 Å². The first kappa shape index (κ1) is 28.1. The third-order valence-corrected chi connectivity index (χ3v) is 8.97. The lowest BCUT2D eigenvalue weighted by Crippen LogP contribution is -2.34. The first-order chi connectivity index (χ1) is 23.5. The average molecular weight is 622 g/mol. The van der Waals surface area contributed by atoms with Crippen molar-refractivity contribution in [3.8, 4) is 67.4 Å². The third kappa shape index (κ3) is 4.99.